The minimum absolute atomic E-state index is 0.179. The molecule has 5 heteroatoms. The lowest BCUT2D eigenvalue weighted by Crippen LogP contribution is -2.49. The third kappa shape index (κ3) is 4.80. The quantitative estimate of drug-likeness (QED) is 0.758. The molecule has 0 aliphatic heterocycles. The molecule has 2 rings (SSSR count). The molecule has 1 unspecified atom stereocenters. The van der Waals surface area contributed by atoms with Gasteiger partial charge in [0.1, 0.15) is 5.54 Å². The minimum atomic E-state index is -1.04. The summed E-state index contributed by atoms with van der Waals surface area (Å²) in [5.74, 6) is -0.179. The average Bonchev–Trinajstić information content (AvgIpc) is 2.52. The number of carbonyl (C=O) groups excluding carboxylic acids is 1. The molecule has 0 heterocycles. The largest absolute Gasteiger partial charge is 0.376 e. The van der Waals surface area contributed by atoms with Crippen LogP contribution in [-0.4, -0.2) is 25.2 Å². The van der Waals surface area contributed by atoms with Gasteiger partial charge in [-0.25, -0.2) is 0 Å². The summed E-state index contributed by atoms with van der Waals surface area (Å²) < 4.78 is 6.77. The molecule has 1 aromatic rings. The maximum Gasteiger partial charge on any atom is 0.244 e. The molecule has 1 aromatic carbocycles. The third-order valence-corrected chi connectivity index (χ3v) is 4.74. The van der Waals surface area contributed by atoms with Crippen LogP contribution in [0.5, 0.6) is 0 Å². The summed E-state index contributed by atoms with van der Waals surface area (Å²) >= 11 is 3.38. The lowest BCUT2D eigenvalue weighted by Gasteiger charge is -2.25. The van der Waals surface area contributed by atoms with Crippen LogP contribution in [0.3, 0.4) is 0 Å². The number of benzene rings is 1. The van der Waals surface area contributed by atoms with Gasteiger partial charge in [0, 0.05) is 11.0 Å². The predicted molar refractivity (Wildman–Crippen MR) is 91.5 cm³/mol. The van der Waals surface area contributed by atoms with Gasteiger partial charge in [-0.15, -0.1) is 0 Å². The monoisotopic (exact) mass is 368 g/mol. The van der Waals surface area contributed by atoms with Gasteiger partial charge in [-0.05, 0) is 37.5 Å². The van der Waals surface area contributed by atoms with Crippen LogP contribution >= 0.6 is 15.9 Å². The summed E-state index contributed by atoms with van der Waals surface area (Å²) in [5.41, 5.74) is 5.95. The molecule has 1 aliphatic carbocycles. The second-order valence-electron chi connectivity index (χ2n) is 6.10. The van der Waals surface area contributed by atoms with E-state index in [4.69, 9.17) is 10.5 Å². The Morgan fingerprint density at radius 2 is 1.95 bits per heavy atom. The number of nitrogens with one attached hydrogen (secondary N) is 1. The van der Waals surface area contributed by atoms with Crippen molar-refractivity contribution < 1.29 is 9.53 Å². The molecule has 0 spiro atoms. The number of rotatable bonds is 6. The van der Waals surface area contributed by atoms with Crippen LogP contribution in [0.2, 0.25) is 0 Å². The van der Waals surface area contributed by atoms with E-state index in [1.807, 2.05) is 24.3 Å². The van der Waals surface area contributed by atoms with Gasteiger partial charge in [0.15, 0.2) is 0 Å². The Morgan fingerprint density at radius 3 is 2.59 bits per heavy atom. The number of nitrogens with two attached hydrogens (primary N) is 1. The summed E-state index contributed by atoms with van der Waals surface area (Å²) in [7, 11) is 0. The molecule has 122 valence electrons. The van der Waals surface area contributed by atoms with E-state index in [0.29, 0.717) is 19.3 Å². The van der Waals surface area contributed by atoms with Crippen LogP contribution < -0.4 is 11.1 Å². The van der Waals surface area contributed by atoms with Gasteiger partial charge in [0.2, 0.25) is 5.91 Å². The average molecular weight is 369 g/mol. The van der Waals surface area contributed by atoms with Crippen molar-refractivity contribution in [2.75, 3.05) is 13.2 Å². The highest BCUT2D eigenvalue weighted by atomic mass is 79.9. The Balaban J connectivity index is 1.76. The Hall–Kier alpha value is -0.910. The summed E-state index contributed by atoms with van der Waals surface area (Å²) in [6, 6.07) is 7.50. The molecule has 1 fully saturated rings. The highest BCUT2D eigenvalue weighted by molar-refractivity contribution is 9.10. The summed E-state index contributed by atoms with van der Waals surface area (Å²) in [4.78, 5) is 12.3. The van der Waals surface area contributed by atoms with Crippen LogP contribution in [-0.2, 0) is 15.1 Å². The fourth-order valence-electron chi connectivity index (χ4n) is 2.73. The molecule has 0 saturated heterocycles. The van der Waals surface area contributed by atoms with Crippen molar-refractivity contribution in [2.45, 2.75) is 50.7 Å². The number of ether oxygens (including phenoxy) is 1. The van der Waals surface area contributed by atoms with Gasteiger partial charge in [-0.2, -0.15) is 0 Å². The lowest BCUT2D eigenvalue weighted by atomic mass is 9.92. The van der Waals surface area contributed by atoms with Crippen molar-refractivity contribution in [1.82, 2.24) is 5.32 Å². The molecular formula is C17H25BrN2O2. The molecule has 0 aromatic heterocycles. The zero-order chi connectivity index (χ0) is 16.0. The number of amides is 1. The fraction of sp³-hybridized carbons (Fsp3) is 0.588. The van der Waals surface area contributed by atoms with Crippen LogP contribution in [0.1, 0.15) is 44.6 Å². The van der Waals surface area contributed by atoms with E-state index in [1.54, 1.807) is 6.92 Å². The summed E-state index contributed by atoms with van der Waals surface area (Å²) in [5, 5.41) is 2.87. The van der Waals surface area contributed by atoms with Crippen molar-refractivity contribution in [2.24, 2.45) is 5.73 Å². The van der Waals surface area contributed by atoms with Crippen LogP contribution in [0.4, 0.5) is 0 Å². The number of carbonyl (C=O) groups is 1. The highest BCUT2D eigenvalue weighted by Gasteiger charge is 2.30. The van der Waals surface area contributed by atoms with Gasteiger partial charge < -0.3 is 15.8 Å². The smallest absolute Gasteiger partial charge is 0.244 e. The first kappa shape index (κ1) is 17.4. The van der Waals surface area contributed by atoms with E-state index in [1.165, 1.54) is 19.3 Å². The van der Waals surface area contributed by atoms with Crippen molar-refractivity contribution in [3.05, 3.63) is 34.3 Å². The minimum Gasteiger partial charge on any atom is -0.376 e. The highest BCUT2D eigenvalue weighted by Crippen LogP contribution is 2.21. The first-order valence-electron chi connectivity index (χ1n) is 7.95. The molecule has 0 bridgehead atoms. The summed E-state index contributed by atoms with van der Waals surface area (Å²) in [6.07, 6.45) is 6.46. The zero-order valence-electron chi connectivity index (χ0n) is 13.1. The van der Waals surface area contributed by atoms with Crippen LogP contribution in [0, 0.1) is 0 Å². The molecule has 1 atom stereocenters. The Kier molecular flexibility index (Phi) is 6.41. The van der Waals surface area contributed by atoms with E-state index >= 15 is 0 Å². The fourth-order valence-corrected chi connectivity index (χ4v) is 3.00. The van der Waals surface area contributed by atoms with Gasteiger partial charge in [0.05, 0.1) is 12.7 Å². The molecule has 1 saturated carbocycles. The van der Waals surface area contributed by atoms with E-state index in [2.05, 4.69) is 21.2 Å². The van der Waals surface area contributed by atoms with Crippen molar-refractivity contribution in [3.8, 4) is 0 Å². The molecule has 1 aliphatic rings. The zero-order valence-corrected chi connectivity index (χ0v) is 14.7. The van der Waals surface area contributed by atoms with Crippen molar-refractivity contribution >= 4 is 21.8 Å². The topological polar surface area (TPSA) is 64.4 Å². The standard InChI is InChI=1S/C17H25BrN2O2/c1-17(19,13-7-9-14(18)10-8-13)16(21)20-11-12-22-15-5-3-2-4-6-15/h7-10,15H,2-6,11-12,19H2,1H3,(H,20,21). The maximum absolute atomic E-state index is 12.3. The van der Waals surface area contributed by atoms with Crippen LogP contribution in [0.15, 0.2) is 28.7 Å². The molecule has 0 radical (unpaired) electrons. The molecular weight excluding hydrogens is 344 g/mol. The predicted octanol–water partition coefficient (Wildman–Crippen LogP) is 3.09. The SMILES string of the molecule is CC(N)(C(=O)NCCOC1CCCCC1)c1ccc(Br)cc1. The Bertz CT molecular complexity index is 482. The van der Waals surface area contributed by atoms with Gasteiger partial charge in [0.25, 0.3) is 0 Å². The molecule has 3 N–H and O–H groups in total. The summed E-state index contributed by atoms with van der Waals surface area (Å²) in [6.45, 7) is 2.78. The van der Waals surface area contributed by atoms with E-state index in [-0.39, 0.29) is 5.91 Å². The van der Waals surface area contributed by atoms with Gasteiger partial charge in [-0.1, -0.05) is 47.3 Å². The Labute approximate surface area is 140 Å². The first-order valence-corrected chi connectivity index (χ1v) is 8.74. The lowest BCUT2D eigenvalue weighted by molar-refractivity contribution is -0.126. The third-order valence-electron chi connectivity index (χ3n) is 4.21. The van der Waals surface area contributed by atoms with E-state index in [0.717, 1.165) is 22.9 Å². The van der Waals surface area contributed by atoms with E-state index in [9.17, 15) is 4.79 Å². The van der Waals surface area contributed by atoms with Crippen LogP contribution in [0.25, 0.3) is 0 Å². The second-order valence-corrected chi connectivity index (χ2v) is 7.01. The second kappa shape index (κ2) is 8.09. The normalized spacial score (nSPS) is 18.7. The number of hydrogen-bond acceptors (Lipinski definition) is 3. The van der Waals surface area contributed by atoms with Gasteiger partial charge >= 0.3 is 0 Å². The van der Waals surface area contributed by atoms with Crippen molar-refractivity contribution in [1.29, 1.82) is 0 Å². The Morgan fingerprint density at radius 1 is 1.32 bits per heavy atom. The molecule has 22 heavy (non-hydrogen) atoms. The van der Waals surface area contributed by atoms with Gasteiger partial charge in [-0.3, -0.25) is 4.79 Å². The maximum atomic E-state index is 12.3. The molecule has 1 amide bonds. The first-order chi connectivity index (χ1) is 10.5. The van der Waals surface area contributed by atoms with E-state index < -0.39 is 5.54 Å². The van der Waals surface area contributed by atoms with Crippen molar-refractivity contribution in [3.63, 3.8) is 0 Å². The molecule has 4 nitrogen and oxygen atoms in total. The number of halogens is 1. The number of hydrogen-bond donors (Lipinski definition) is 2.